The Labute approximate surface area is 118 Å². The summed E-state index contributed by atoms with van der Waals surface area (Å²) < 4.78 is 5.43. The standard InChI is InChI=1S/C13H21N5O2/c1-9(2)16-13(19)11-8-20-6-5-18(11)10-3-4-15-12(7-10)17-14/h3-4,7,9,11H,5-6,8,14H2,1-2H3,(H,15,17)(H,16,19). The van der Waals surface area contributed by atoms with Gasteiger partial charge in [-0.05, 0) is 19.9 Å². The summed E-state index contributed by atoms with van der Waals surface area (Å²) in [5, 5.41) is 2.92. The molecule has 0 saturated carbocycles. The van der Waals surface area contributed by atoms with E-state index in [-0.39, 0.29) is 18.0 Å². The molecule has 0 radical (unpaired) electrons. The van der Waals surface area contributed by atoms with Gasteiger partial charge in [0.05, 0.1) is 13.2 Å². The zero-order chi connectivity index (χ0) is 14.5. The second-order valence-corrected chi connectivity index (χ2v) is 4.99. The largest absolute Gasteiger partial charge is 0.377 e. The number of anilines is 2. The van der Waals surface area contributed by atoms with Crippen LogP contribution in [0.4, 0.5) is 11.5 Å². The Kier molecular flexibility index (Phi) is 4.75. The summed E-state index contributed by atoms with van der Waals surface area (Å²) in [6.07, 6.45) is 1.66. The van der Waals surface area contributed by atoms with Crippen molar-refractivity contribution in [1.29, 1.82) is 0 Å². The van der Waals surface area contributed by atoms with E-state index in [2.05, 4.69) is 15.7 Å². The second-order valence-electron chi connectivity index (χ2n) is 4.99. The Morgan fingerprint density at radius 3 is 3.10 bits per heavy atom. The first-order valence-electron chi connectivity index (χ1n) is 6.69. The minimum Gasteiger partial charge on any atom is -0.377 e. The van der Waals surface area contributed by atoms with Crippen LogP contribution in [0.25, 0.3) is 0 Å². The lowest BCUT2D eigenvalue weighted by molar-refractivity contribution is -0.125. The summed E-state index contributed by atoms with van der Waals surface area (Å²) in [5.41, 5.74) is 3.42. The number of rotatable bonds is 4. The van der Waals surface area contributed by atoms with E-state index in [0.29, 0.717) is 25.6 Å². The van der Waals surface area contributed by atoms with Gasteiger partial charge in [0.2, 0.25) is 5.91 Å². The summed E-state index contributed by atoms with van der Waals surface area (Å²) >= 11 is 0. The Balaban J connectivity index is 2.19. The average Bonchev–Trinajstić information content (AvgIpc) is 2.46. The first-order valence-corrected chi connectivity index (χ1v) is 6.69. The van der Waals surface area contributed by atoms with Crippen molar-refractivity contribution in [3.8, 4) is 0 Å². The zero-order valence-electron chi connectivity index (χ0n) is 11.8. The summed E-state index contributed by atoms with van der Waals surface area (Å²) in [5.74, 6) is 5.91. The van der Waals surface area contributed by atoms with E-state index in [1.54, 1.807) is 6.20 Å². The maximum absolute atomic E-state index is 12.3. The second kappa shape index (κ2) is 6.53. The zero-order valence-corrected chi connectivity index (χ0v) is 11.8. The molecule has 1 fully saturated rings. The van der Waals surface area contributed by atoms with Gasteiger partial charge in [-0.15, -0.1) is 0 Å². The highest BCUT2D eigenvalue weighted by atomic mass is 16.5. The van der Waals surface area contributed by atoms with Gasteiger partial charge in [0, 0.05) is 30.5 Å². The lowest BCUT2D eigenvalue weighted by Crippen LogP contribution is -2.55. The summed E-state index contributed by atoms with van der Waals surface area (Å²) in [6.45, 7) is 5.51. The molecule has 1 aliphatic rings. The van der Waals surface area contributed by atoms with Gasteiger partial charge in [0.1, 0.15) is 11.9 Å². The number of pyridine rings is 1. The van der Waals surface area contributed by atoms with Crippen LogP contribution < -0.4 is 21.5 Å². The number of amides is 1. The van der Waals surface area contributed by atoms with E-state index >= 15 is 0 Å². The molecule has 2 heterocycles. The number of nitrogen functional groups attached to an aromatic ring is 1. The number of ether oxygens (including phenoxy) is 1. The van der Waals surface area contributed by atoms with Crippen LogP contribution in [0.2, 0.25) is 0 Å². The molecule has 7 heteroatoms. The molecule has 7 nitrogen and oxygen atoms in total. The average molecular weight is 279 g/mol. The van der Waals surface area contributed by atoms with Gasteiger partial charge in [-0.1, -0.05) is 0 Å². The van der Waals surface area contributed by atoms with Crippen molar-refractivity contribution in [1.82, 2.24) is 10.3 Å². The lowest BCUT2D eigenvalue weighted by Gasteiger charge is -2.36. The van der Waals surface area contributed by atoms with E-state index in [1.165, 1.54) is 0 Å². The first-order chi connectivity index (χ1) is 9.61. The number of carbonyl (C=O) groups excluding carboxylic acids is 1. The lowest BCUT2D eigenvalue weighted by atomic mass is 10.1. The first kappa shape index (κ1) is 14.5. The number of nitrogens with two attached hydrogens (primary N) is 1. The molecule has 0 bridgehead atoms. The van der Waals surface area contributed by atoms with Crippen LogP contribution >= 0.6 is 0 Å². The number of hydrogen-bond donors (Lipinski definition) is 3. The summed E-state index contributed by atoms with van der Waals surface area (Å²) in [7, 11) is 0. The van der Waals surface area contributed by atoms with Gasteiger partial charge >= 0.3 is 0 Å². The van der Waals surface area contributed by atoms with Crippen molar-refractivity contribution >= 4 is 17.4 Å². The van der Waals surface area contributed by atoms with Gasteiger partial charge < -0.3 is 20.4 Å². The van der Waals surface area contributed by atoms with E-state index in [1.807, 2.05) is 30.9 Å². The van der Waals surface area contributed by atoms with Crippen molar-refractivity contribution < 1.29 is 9.53 Å². The Bertz CT molecular complexity index is 466. The Hall–Kier alpha value is -1.86. The highest BCUT2D eigenvalue weighted by Crippen LogP contribution is 2.21. The summed E-state index contributed by atoms with van der Waals surface area (Å²) in [6, 6.07) is 3.45. The van der Waals surface area contributed by atoms with E-state index < -0.39 is 0 Å². The molecule has 110 valence electrons. The van der Waals surface area contributed by atoms with E-state index in [9.17, 15) is 4.79 Å². The molecule has 0 spiro atoms. The van der Waals surface area contributed by atoms with Crippen LogP contribution in [-0.4, -0.2) is 42.7 Å². The Morgan fingerprint density at radius 2 is 2.40 bits per heavy atom. The van der Waals surface area contributed by atoms with Crippen LogP contribution in [0.3, 0.4) is 0 Å². The predicted octanol–water partition coefficient (Wildman–Crippen LogP) is 0.0970. The number of nitrogens with zero attached hydrogens (tertiary/aromatic N) is 2. The molecule has 0 aliphatic carbocycles. The maximum atomic E-state index is 12.3. The van der Waals surface area contributed by atoms with Crippen LogP contribution in [-0.2, 0) is 9.53 Å². The number of carbonyl (C=O) groups is 1. The predicted molar refractivity (Wildman–Crippen MR) is 77.3 cm³/mol. The molecule has 4 N–H and O–H groups in total. The van der Waals surface area contributed by atoms with Gasteiger partial charge in [-0.25, -0.2) is 10.8 Å². The highest BCUT2D eigenvalue weighted by molar-refractivity contribution is 5.86. The third-order valence-electron chi connectivity index (χ3n) is 3.09. The van der Waals surface area contributed by atoms with Crippen molar-refractivity contribution in [3.05, 3.63) is 18.3 Å². The fourth-order valence-electron chi connectivity index (χ4n) is 2.19. The van der Waals surface area contributed by atoms with Crippen molar-refractivity contribution in [2.45, 2.75) is 25.9 Å². The minimum absolute atomic E-state index is 0.0289. The van der Waals surface area contributed by atoms with Crippen molar-refractivity contribution in [3.63, 3.8) is 0 Å². The smallest absolute Gasteiger partial charge is 0.245 e. The molecule has 1 amide bonds. The molecule has 0 aromatic carbocycles. The molecule has 1 saturated heterocycles. The maximum Gasteiger partial charge on any atom is 0.245 e. The number of nitrogens with one attached hydrogen (secondary N) is 2. The van der Waals surface area contributed by atoms with Gasteiger partial charge in [0.15, 0.2) is 0 Å². The van der Waals surface area contributed by atoms with Crippen LogP contribution in [0.1, 0.15) is 13.8 Å². The minimum atomic E-state index is -0.334. The number of hydrazine groups is 1. The third-order valence-corrected chi connectivity index (χ3v) is 3.09. The summed E-state index contributed by atoms with van der Waals surface area (Å²) in [4.78, 5) is 18.4. The Morgan fingerprint density at radius 1 is 1.60 bits per heavy atom. The van der Waals surface area contributed by atoms with Crippen LogP contribution in [0, 0.1) is 0 Å². The molecule has 1 aliphatic heterocycles. The molecule has 1 aromatic rings. The molecule has 20 heavy (non-hydrogen) atoms. The number of hydrogen-bond acceptors (Lipinski definition) is 6. The SMILES string of the molecule is CC(C)NC(=O)C1COCCN1c1ccnc(NN)c1. The van der Waals surface area contributed by atoms with Gasteiger partial charge in [0.25, 0.3) is 0 Å². The molecule has 1 unspecified atom stereocenters. The van der Waals surface area contributed by atoms with Crippen molar-refractivity contribution in [2.24, 2.45) is 5.84 Å². The molecule has 1 aromatic heterocycles. The quantitative estimate of drug-likeness (QED) is 0.534. The van der Waals surface area contributed by atoms with Gasteiger partial charge in [-0.2, -0.15) is 0 Å². The number of aromatic nitrogens is 1. The number of morpholine rings is 1. The fourth-order valence-corrected chi connectivity index (χ4v) is 2.19. The molecule has 1 atom stereocenters. The third kappa shape index (κ3) is 3.37. The van der Waals surface area contributed by atoms with E-state index in [0.717, 1.165) is 5.69 Å². The van der Waals surface area contributed by atoms with E-state index in [4.69, 9.17) is 10.6 Å². The van der Waals surface area contributed by atoms with Crippen LogP contribution in [0.15, 0.2) is 18.3 Å². The highest BCUT2D eigenvalue weighted by Gasteiger charge is 2.30. The molecular formula is C13H21N5O2. The molecular weight excluding hydrogens is 258 g/mol. The normalized spacial score (nSPS) is 19.0. The topological polar surface area (TPSA) is 92.5 Å². The van der Waals surface area contributed by atoms with Crippen LogP contribution in [0.5, 0.6) is 0 Å². The van der Waals surface area contributed by atoms with Gasteiger partial charge in [-0.3, -0.25) is 4.79 Å². The van der Waals surface area contributed by atoms with Crippen molar-refractivity contribution in [2.75, 3.05) is 30.1 Å². The molecule has 2 rings (SSSR count). The monoisotopic (exact) mass is 279 g/mol. The fraction of sp³-hybridized carbons (Fsp3) is 0.538.